The van der Waals surface area contributed by atoms with Crippen molar-refractivity contribution in [2.24, 2.45) is 5.73 Å². The Morgan fingerprint density at radius 1 is 1.67 bits per heavy atom. The second-order valence-corrected chi connectivity index (χ2v) is 1.98. The van der Waals surface area contributed by atoms with Crippen molar-refractivity contribution in [1.82, 2.24) is 5.32 Å². The van der Waals surface area contributed by atoms with E-state index in [1.807, 2.05) is 0 Å². The zero-order valence-electron chi connectivity index (χ0n) is 5.46. The van der Waals surface area contributed by atoms with E-state index in [9.17, 15) is 0 Å². The predicted molar refractivity (Wildman–Crippen MR) is 39.5 cm³/mol. The highest BCUT2D eigenvalue weighted by Crippen LogP contribution is 2.03. The molecule has 0 rings (SSSR count). The van der Waals surface area contributed by atoms with Crippen molar-refractivity contribution in [3.05, 3.63) is 10.7 Å². The number of halogens is 1. The van der Waals surface area contributed by atoms with Gasteiger partial charge in [0.15, 0.2) is 0 Å². The van der Waals surface area contributed by atoms with Gasteiger partial charge in [-0.05, 0) is 6.92 Å². The van der Waals surface area contributed by atoms with E-state index in [1.54, 1.807) is 14.0 Å². The first-order valence-corrected chi connectivity index (χ1v) is 2.86. The quantitative estimate of drug-likeness (QED) is 0.396. The van der Waals surface area contributed by atoms with Crippen LogP contribution in [-0.4, -0.2) is 12.9 Å². The molecule has 0 unspecified atom stereocenters. The number of nitrogens with two attached hydrogens (primary N) is 1. The molecule has 4 heteroatoms. The van der Waals surface area contributed by atoms with Crippen LogP contribution in [0.3, 0.4) is 0 Å². The molecule has 0 fully saturated rings. The highest BCUT2D eigenvalue weighted by molar-refractivity contribution is 6.42. The molecule has 0 atom stereocenters. The Bertz CT molecular complexity index is 150. The number of nitrogens with one attached hydrogen (secondary N) is 2. The molecule has 9 heavy (non-hydrogen) atoms. The monoisotopic (exact) mass is 147 g/mol. The van der Waals surface area contributed by atoms with Crippen LogP contribution in [0.25, 0.3) is 0 Å². The fourth-order valence-corrected chi connectivity index (χ4v) is 0.406. The Hall–Kier alpha value is -0.700. The summed E-state index contributed by atoms with van der Waals surface area (Å²) >= 11 is 5.53. The summed E-state index contributed by atoms with van der Waals surface area (Å²) < 4.78 is 0. The molecule has 0 spiro atoms. The lowest BCUT2D eigenvalue weighted by atomic mass is 10.4. The lowest BCUT2D eigenvalue weighted by Crippen LogP contribution is -2.15. The van der Waals surface area contributed by atoms with Crippen molar-refractivity contribution in [3.63, 3.8) is 0 Å². The first kappa shape index (κ1) is 8.30. The van der Waals surface area contributed by atoms with Crippen molar-refractivity contribution in [1.29, 1.82) is 5.41 Å². The summed E-state index contributed by atoms with van der Waals surface area (Å²) in [5, 5.41) is 9.93. The van der Waals surface area contributed by atoms with E-state index in [1.165, 1.54) is 0 Å². The minimum atomic E-state index is -0.108. The third-order valence-electron chi connectivity index (χ3n) is 0.941. The minimum Gasteiger partial charge on any atom is -0.390 e. The Balaban J connectivity index is 4.28. The van der Waals surface area contributed by atoms with Gasteiger partial charge < -0.3 is 11.1 Å². The molecule has 0 aliphatic carbocycles. The van der Waals surface area contributed by atoms with Gasteiger partial charge in [-0.2, -0.15) is 0 Å². The molecule has 0 saturated carbocycles. The predicted octanol–water partition coefficient (Wildman–Crippen LogP) is 0.612. The minimum absolute atomic E-state index is 0.108. The molecule has 0 aromatic heterocycles. The van der Waals surface area contributed by atoms with Gasteiger partial charge in [0, 0.05) is 12.7 Å². The number of hydrogen-bond donors (Lipinski definition) is 3. The van der Waals surface area contributed by atoms with Gasteiger partial charge in [0.2, 0.25) is 0 Å². The third-order valence-corrected chi connectivity index (χ3v) is 1.43. The first-order chi connectivity index (χ1) is 4.09. The lowest BCUT2D eigenvalue weighted by Gasteiger charge is -2.01. The smallest absolute Gasteiger partial charge is 0.136 e. The Kier molecular flexibility index (Phi) is 3.09. The standard InChI is InChI=1S/C5H10ClN3/c1-3(9-2)4(6)5(7)8/h9H,1-2H3,(H3,7,8). The molecule has 0 aliphatic heterocycles. The van der Waals surface area contributed by atoms with Gasteiger partial charge in [-0.25, -0.2) is 0 Å². The highest BCUT2D eigenvalue weighted by Gasteiger charge is 1.98. The van der Waals surface area contributed by atoms with Crippen LogP contribution in [0.2, 0.25) is 0 Å². The van der Waals surface area contributed by atoms with Gasteiger partial charge in [-0.15, -0.1) is 0 Å². The molecule has 52 valence electrons. The largest absolute Gasteiger partial charge is 0.390 e. The molecule has 0 radical (unpaired) electrons. The summed E-state index contributed by atoms with van der Waals surface area (Å²) in [7, 11) is 1.72. The fraction of sp³-hybridized carbons (Fsp3) is 0.400. The maximum Gasteiger partial charge on any atom is 0.136 e. The van der Waals surface area contributed by atoms with E-state index < -0.39 is 0 Å². The molecule has 3 nitrogen and oxygen atoms in total. The van der Waals surface area contributed by atoms with Crippen molar-refractivity contribution >= 4 is 17.4 Å². The van der Waals surface area contributed by atoms with E-state index in [4.69, 9.17) is 22.7 Å². The number of allylic oxidation sites excluding steroid dienone is 1. The summed E-state index contributed by atoms with van der Waals surface area (Å²) in [6.45, 7) is 1.75. The van der Waals surface area contributed by atoms with Crippen LogP contribution in [0.4, 0.5) is 0 Å². The molecule has 0 aliphatic rings. The van der Waals surface area contributed by atoms with Gasteiger partial charge in [-0.3, -0.25) is 5.41 Å². The van der Waals surface area contributed by atoms with E-state index in [0.29, 0.717) is 5.70 Å². The maximum absolute atomic E-state index is 6.88. The number of amidine groups is 1. The molecular formula is C5H10ClN3. The second-order valence-electron chi connectivity index (χ2n) is 1.60. The lowest BCUT2D eigenvalue weighted by molar-refractivity contribution is 0.987. The number of rotatable bonds is 2. The van der Waals surface area contributed by atoms with Gasteiger partial charge in [0.1, 0.15) is 10.9 Å². The van der Waals surface area contributed by atoms with Gasteiger partial charge in [0.25, 0.3) is 0 Å². The topological polar surface area (TPSA) is 61.9 Å². The number of hydrogen-bond acceptors (Lipinski definition) is 2. The van der Waals surface area contributed by atoms with Crippen LogP contribution in [0.1, 0.15) is 6.92 Å². The average molecular weight is 148 g/mol. The maximum atomic E-state index is 6.88. The van der Waals surface area contributed by atoms with Crippen molar-refractivity contribution in [3.8, 4) is 0 Å². The normalized spacial score (nSPS) is 12.3. The average Bonchev–Trinajstić information content (AvgIpc) is 1.84. The van der Waals surface area contributed by atoms with Crippen LogP contribution in [0, 0.1) is 5.41 Å². The van der Waals surface area contributed by atoms with Gasteiger partial charge >= 0.3 is 0 Å². The van der Waals surface area contributed by atoms with Crippen LogP contribution >= 0.6 is 11.6 Å². The molecular weight excluding hydrogens is 138 g/mol. The van der Waals surface area contributed by atoms with E-state index in [0.717, 1.165) is 0 Å². The van der Waals surface area contributed by atoms with Crippen molar-refractivity contribution < 1.29 is 0 Å². The van der Waals surface area contributed by atoms with Gasteiger partial charge in [0.05, 0.1) is 0 Å². The molecule has 0 aromatic carbocycles. The summed E-state index contributed by atoms with van der Waals surface area (Å²) in [6, 6.07) is 0. The Labute approximate surface area is 59.4 Å². The fourth-order valence-electron chi connectivity index (χ4n) is 0.312. The zero-order chi connectivity index (χ0) is 7.44. The molecule has 0 heterocycles. The summed E-state index contributed by atoms with van der Waals surface area (Å²) in [5.74, 6) is -0.108. The second kappa shape index (κ2) is 3.35. The molecule has 4 N–H and O–H groups in total. The van der Waals surface area contributed by atoms with E-state index >= 15 is 0 Å². The molecule has 0 aromatic rings. The highest BCUT2D eigenvalue weighted by atomic mass is 35.5. The SMILES string of the molecule is CNC(C)=C(Cl)C(=N)N. The van der Waals surface area contributed by atoms with E-state index in [2.05, 4.69) is 5.32 Å². The first-order valence-electron chi connectivity index (χ1n) is 2.48. The van der Waals surface area contributed by atoms with Crippen molar-refractivity contribution in [2.45, 2.75) is 6.92 Å². The van der Waals surface area contributed by atoms with Crippen LogP contribution in [0.5, 0.6) is 0 Å². The third kappa shape index (κ3) is 2.37. The van der Waals surface area contributed by atoms with Crippen LogP contribution in [-0.2, 0) is 0 Å². The zero-order valence-corrected chi connectivity index (χ0v) is 6.21. The summed E-state index contributed by atoms with van der Waals surface area (Å²) in [6.07, 6.45) is 0. The summed E-state index contributed by atoms with van der Waals surface area (Å²) in [5.41, 5.74) is 5.78. The molecule has 0 saturated heterocycles. The van der Waals surface area contributed by atoms with Crippen LogP contribution in [0.15, 0.2) is 10.7 Å². The molecule has 0 bridgehead atoms. The van der Waals surface area contributed by atoms with Crippen molar-refractivity contribution in [2.75, 3.05) is 7.05 Å². The summed E-state index contributed by atoms with van der Waals surface area (Å²) in [4.78, 5) is 0. The van der Waals surface area contributed by atoms with Gasteiger partial charge in [-0.1, -0.05) is 11.6 Å². The Morgan fingerprint density at radius 2 is 2.11 bits per heavy atom. The Morgan fingerprint density at radius 3 is 2.22 bits per heavy atom. The van der Waals surface area contributed by atoms with E-state index in [-0.39, 0.29) is 10.9 Å². The molecule has 0 amide bonds. The van der Waals surface area contributed by atoms with Crippen LogP contribution < -0.4 is 11.1 Å².